The van der Waals surface area contributed by atoms with E-state index in [1.165, 1.54) is 0 Å². The van der Waals surface area contributed by atoms with E-state index in [1.54, 1.807) is 13.8 Å². The van der Waals surface area contributed by atoms with Gasteiger partial charge in [0.25, 0.3) is 0 Å². The van der Waals surface area contributed by atoms with Crippen LogP contribution in [0.4, 0.5) is 0 Å². The van der Waals surface area contributed by atoms with E-state index < -0.39 is 11.4 Å². The highest BCUT2D eigenvalue weighted by atomic mass is 16.7. The van der Waals surface area contributed by atoms with E-state index in [0.29, 0.717) is 19.6 Å². The van der Waals surface area contributed by atoms with Crippen LogP contribution in [0, 0.1) is 12.3 Å². The zero-order valence-corrected chi connectivity index (χ0v) is 7.46. The lowest BCUT2D eigenvalue weighted by atomic mass is 9.98. The first-order valence-electron chi connectivity index (χ1n) is 3.95. The second kappa shape index (κ2) is 3.06. The molecule has 0 aromatic heterocycles. The van der Waals surface area contributed by atoms with Crippen molar-refractivity contribution in [3.8, 4) is 12.3 Å². The summed E-state index contributed by atoms with van der Waals surface area (Å²) in [4.78, 5) is 0. The van der Waals surface area contributed by atoms with Crippen molar-refractivity contribution in [2.24, 2.45) is 0 Å². The van der Waals surface area contributed by atoms with E-state index in [1.807, 2.05) is 0 Å². The van der Waals surface area contributed by atoms with E-state index in [2.05, 4.69) is 5.92 Å². The van der Waals surface area contributed by atoms with Gasteiger partial charge in [-0.3, -0.25) is 0 Å². The minimum atomic E-state index is -1.15. The monoisotopic (exact) mass is 170 g/mol. The average Bonchev–Trinajstić information content (AvgIpc) is 2.35. The van der Waals surface area contributed by atoms with Crippen molar-refractivity contribution in [1.82, 2.24) is 0 Å². The maximum atomic E-state index is 9.55. The lowest BCUT2D eigenvalue weighted by Crippen LogP contribution is -2.37. The van der Waals surface area contributed by atoms with Crippen molar-refractivity contribution >= 4 is 0 Å². The molecule has 1 rings (SSSR count). The van der Waals surface area contributed by atoms with Gasteiger partial charge in [-0.05, 0) is 13.8 Å². The largest absolute Gasteiger partial charge is 0.378 e. The van der Waals surface area contributed by atoms with Gasteiger partial charge in [0.15, 0.2) is 5.79 Å². The molecule has 68 valence electrons. The van der Waals surface area contributed by atoms with Crippen LogP contribution in [0.15, 0.2) is 0 Å². The van der Waals surface area contributed by atoms with Gasteiger partial charge in [-0.2, -0.15) is 0 Å². The Morgan fingerprint density at radius 3 is 2.50 bits per heavy atom. The number of terminal acetylenes is 1. The molecule has 1 aliphatic heterocycles. The molecule has 0 aromatic rings. The Hall–Kier alpha value is -0.560. The third kappa shape index (κ3) is 2.21. The molecule has 3 heteroatoms. The summed E-state index contributed by atoms with van der Waals surface area (Å²) in [6.45, 7) is 4.49. The molecular weight excluding hydrogens is 156 g/mol. The molecule has 1 N–H and O–H groups in total. The van der Waals surface area contributed by atoms with E-state index in [9.17, 15) is 5.11 Å². The van der Waals surface area contributed by atoms with E-state index in [0.717, 1.165) is 0 Å². The fourth-order valence-corrected chi connectivity index (χ4v) is 1.34. The summed E-state index contributed by atoms with van der Waals surface area (Å²) < 4.78 is 10.6. The molecule has 0 saturated carbocycles. The predicted molar refractivity (Wildman–Crippen MR) is 44.4 cm³/mol. The van der Waals surface area contributed by atoms with Crippen LogP contribution in [0.1, 0.15) is 20.3 Å². The normalized spacial score (nSPS) is 26.2. The second-order valence-electron chi connectivity index (χ2n) is 3.43. The maximum Gasteiger partial charge on any atom is 0.169 e. The van der Waals surface area contributed by atoms with Crippen molar-refractivity contribution < 1.29 is 14.6 Å². The molecule has 0 bridgehead atoms. The van der Waals surface area contributed by atoms with Gasteiger partial charge in [0.2, 0.25) is 0 Å². The fraction of sp³-hybridized carbons (Fsp3) is 0.778. The highest BCUT2D eigenvalue weighted by molar-refractivity contribution is 5.06. The first kappa shape index (κ1) is 9.53. The molecule has 3 nitrogen and oxygen atoms in total. The molecule has 0 aromatic carbocycles. The molecule has 0 amide bonds. The Kier molecular flexibility index (Phi) is 2.43. The van der Waals surface area contributed by atoms with Crippen LogP contribution in [0.25, 0.3) is 0 Å². The molecule has 1 fully saturated rings. The summed E-state index contributed by atoms with van der Waals surface area (Å²) in [6.07, 6.45) is 5.43. The molecular formula is C9H14O3. The van der Waals surface area contributed by atoms with E-state index in [-0.39, 0.29) is 0 Å². The second-order valence-corrected chi connectivity index (χ2v) is 3.43. The minimum Gasteiger partial charge on any atom is -0.378 e. The summed E-state index contributed by atoms with van der Waals surface area (Å²) in [6, 6.07) is 0. The first-order chi connectivity index (χ1) is 5.47. The van der Waals surface area contributed by atoms with Crippen LogP contribution in [-0.2, 0) is 9.47 Å². The first-order valence-corrected chi connectivity index (χ1v) is 3.95. The average molecular weight is 170 g/mol. The number of hydrogen-bond acceptors (Lipinski definition) is 3. The fourth-order valence-electron chi connectivity index (χ4n) is 1.34. The van der Waals surface area contributed by atoms with Crippen LogP contribution < -0.4 is 0 Å². The van der Waals surface area contributed by atoms with Gasteiger partial charge in [0, 0.05) is 6.42 Å². The van der Waals surface area contributed by atoms with E-state index in [4.69, 9.17) is 15.9 Å². The van der Waals surface area contributed by atoms with Gasteiger partial charge >= 0.3 is 0 Å². The minimum absolute atomic E-state index is 0.302. The summed E-state index contributed by atoms with van der Waals surface area (Å²) >= 11 is 0. The quantitative estimate of drug-likeness (QED) is 0.614. The standard InChI is InChI=1S/C9H14O3/c1-4-8(2,10)7-9(3)11-5-6-12-9/h1,10H,5-7H2,2-3H3/t8-/m0/s1. The zero-order chi connectivity index (χ0) is 9.24. The Morgan fingerprint density at radius 2 is 2.08 bits per heavy atom. The van der Waals surface area contributed by atoms with Gasteiger partial charge in [-0.1, -0.05) is 5.92 Å². The molecule has 12 heavy (non-hydrogen) atoms. The molecule has 1 saturated heterocycles. The van der Waals surface area contributed by atoms with Crippen molar-refractivity contribution in [3.05, 3.63) is 0 Å². The van der Waals surface area contributed by atoms with Gasteiger partial charge < -0.3 is 14.6 Å². The van der Waals surface area contributed by atoms with Crippen molar-refractivity contribution in [2.75, 3.05) is 13.2 Å². The number of ether oxygens (including phenoxy) is 2. The molecule has 0 spiro atoms. The van der Waals surface area contributed by atoms with Crippen LogP contribution in [0.3, 0.4) is 0 Å². The summed E-state index contributed by atoms with van der Waals surface area (Å²) in [5, 5.41) is 9.55. The van der Waals surface area contributed by atoms with Gasteiger partial charge in [-0.15, -0.1) is 6.42 Å². The Balaban J connectivity index is 2.56. The Morgan fingerprint density at radius 1 is 1.58 bits per heavy atom. The smallest absolute Gasteiger partial charge is 0.169 e. The van der Waals surface area contributed by atoms with Gasteiger partial charge in [-0.25, -0.2) is 0 Å². The lowest BCUT2D eigenvalue weighted by molar-refractivity contribution is -0.169. The van der Waals surface area contributed by atoms with Gasteiger partial charge in [0.05, 0.1) is 13.2 Å². The maximum absolute atomic E-state index is 9.55. The van der Waals surface area contributed by atoms with Crippen LogP contribution >= 0.6 is 0 Å². The Labute approximate surface area is 72.7 Å². The highest BCUT2D eigenvalue weighted by Crippen LogP contribution is 2.28. The van der Waals surface area contributed by atoms with Crippen LogP contribution in [0.2, 0.25) is 0 Å². The Bertz CT molecular complexity index is 196. The molecule has 1 aliphatic rings. The van der Waals surface area contributed by atoms with Gasteiger partial charge in [0.1, 0.15) is 5.60 Å². The van der Waals surface area contributed by atoms with Crippen LogP contribution in [-0.4, -0.2) is 29.7 Å². The topological polar surface area (TPSA) is 38.7 Å². The summed E-state index contributed by atoms with van der Waals surface area (Å²) in [5.74, 6) is 1.58. The SMILES string of the molecule is C#C[C@](C)(O)CC1(C)OCCO1. The van der Waals surface area contributed by atoms with Crippen molar-refractivity contribution in [1.29, 1.82) is 0 Å². The zero-order valence-electron chi connectivity index (χ0n) is 7.46. The molecule has 1 atom stereocenters. The van der Waals surface area contributed by atoms with E-state index >= 15 is 0 Å². The number of aliphatic hydroxyl groups is 1. The predicted octanol–water partition coefficient (Wildman–Crippen LogP) is 0.524. The third-order valence-electron chi connectivity index (χ3n) is 1.87. The number of rotatable bonds is 2. The van der Waals surface area contributed by atoms with Crippen molar-refractivity contribution in [3.63, 3.8) is 0 Å². The van der Waals surface area contributed by atoms with Crippen molar-refractivity contribution in [2.45, 2.75) is 31.7 Å². The third-order valence-corrected chi connectivity index (χ3v) is 1.87. The molecule has 0 radical (unpaired) electrons. The lowest BCUT2D eigenvalue weighted by Gasteiger charge is -2.28. The summed E-state index contributed by atoms with van der Waals surface area (Å²) in [7, 11) is 0. The highest BCUT2D eigenvalue weighted by Gasteiger charge is 2.37. The molecule has 0 unspecified atom stereocenters. The van der Waals surface area contributed by atoms with Crippen LogP contribution in [0.5, 0.6) is 0 Å². The summed E-state index contributed by atoms with van der Waals surface area (Å²) in [5.41, 5.74) is -1.15. The number of hydrogen-bond donors (Lipinski definition) is 1. The molecule has 0 aliphatic carbocycles. The molecule has 1 heterocycles.